The lowest BCUT2D eigenvalue weighted by Gasteiger charge is -2.34. The summed E-state index contributed by atoms with van der Waals surface area (Å²) in [5.41, 5.74) is 12.0. The molecule has 0 bridgehead atoms. The van der Waals surface area contributed by atoms with Gasteiger partial charge in [0, 0.05) is 56.0 Å². The smallest absolute Gasteiger partial charge is 0.255 e. The number of ether oxygens (including phenoxy) is 1. The number of carbonyl (C=O) groups is 2. The summed E-state index contributed by atoms with van der Waals surface area (Å²) in [4.78, 5) is 29.8. The lowest BCUT2D eigenvalue weighted by Crippen LogP contribution is -2.50. The van der Waals surface area contributed by atoms with Crippen LogP contribution in [0.2, 0.25) is 0 Å². The van der Waals surface area contributed by atoms with E-state index in [2.05, 4.69) is 10.6 Å². The predicted molar refractivity (Wildman–Crippen MR) is 174 cm³/mol. The molecule has 4 aromatic rings. The molecule has 8 rings (SSSR count). The van der Waals surface area contributed by atoms with E-state index in [0.29, 0.717) is 37.7 Å². The number of piperidine rings is 2. The van der Waals surface area contributed by atoms with Gasteiger partial charge in [-0.3, -0.25) is 9.59 Å². The van der Waals surface area contributed by atoms with Crippen LogP contribution in [0.25, 0.3) is 27.8 Å². The normalized spacial score (nSPS) is 24.1. The van der Waals surface area contributed by atoms with Crippen LogP contribution in [-0.2, 0) is 16.1 Å². The fraction of sp³-hybridized carbons (Fsp3) is 0.528. The van der Waals surface area contributed by atoms with Crippen molar-refractivity contribution in [2.75, 3.05) is 32.8 Å². The van der Waals surface area contributed by atoms with Gasteiger partial charge in [0.15, 0.2) is 0 Å². The lowest BCUT2D eigenvalue weighted by molar-refractivity contribution is -0.142. The van der Waals surface area contributed by atoms with Gasteiger partial charge in [-0.2, -0.15) is 5.10 Å². The van der Waals surface area contributed by atoms with Gasteiger partial charge in [0.1, 0.15) is 23.8 Å². The molecule has 3 atom stereocenters. The van der Waals surface area contributed by atoms with Crippen molar-refractivity contribution in [2.24, 2.45) is 11.7 Å². The Morgan fingerprint density at radius 2 is 1.85 bits per heavy atom. The van der Waals surface area contributed by atoms with Gasteiger partial charge >= 0.3 is 0 Å². The minimum atomic E-state index is -1.13. The molecular weight excluding hydrogens is 602 g/mol. The molecular formula is C36H42F2N6O3. The van der Waals surface area contributed by atoms with E-state index in [1.165, 1.54) is 4.90 Å². The van der Waals surface area contributed by atoms with Crippen LogP contribution in [0.15, 0.2) is 36.5 Å². The summed E-state index contributed by atoms with van der Waals surface area (Å²) in [6.07, 6.45) is 6.11. The molecule has 2 amide bonds. The van der Waals surface area contributed by atoms with Gasteiger partial charge in [0.25, 0.3) is 11.8 Å². The van der Waals surface area contributed by atoms with Crippen LogP contribution >= 0.6 is 0 Å². The minimum Gasteiger partial charge on any atom is -0.368 e. The number of rotatable bonds is 6. The fourth-order valence-corrected chi connectivity index (χ4v) is 8.02. The van der Waals surface area contributed by atoms with E-state index in [4.69, 9.17) is 15.6 Å². The maximum atomic E-state index is 15.3. The third-order valence-electron chi connectivity index (χ3n) is 10.7. The highest BCUT2D eigenvalue weighted by molar-refractivity contribution is 5.95. The highest BCUT2D eigenvalue weighted by Gasteiger charge is 2.34. The van der Waals surface area contributed by atoms with Crippen LogP contribution in [0.5, 0.6) is 0 Å². The number of likely N-dealkylation sites (tertiary alicyclic amines) is 2. The zero-order valence-corrected chi connectivity index (χ0v) is 26.8. The van der Waals surface area contributed by atoms with E-state index < -0.39 is 6.17 Å². The zero-order valence-electron chi connectivity index (χ0n) is 26.8. The van der Waals surface area contributed by atoms with E-state index in [9.17, 15) is 14.0 Å². The Morgan fingerprint density at radius 1 is 1.04 bits per heavy atom. The number of hydrogen-bond donors (Lipinski definition) is 1. The first-order valence-corrected chi connectivity index (χ1v) is 17.1. The van der Waals surface area contributed by atoms with Crippen LogP contribution in [-0.4, -0.2) is 86.9 Å². The topological polar surface area (TPSA) is 98.1 Å². The molecule has 9 nitrogen and oxygen atoms in total. The molecule has 1 aromatic carbocycles. The largest absolute Gasteiger partial charge is 0.368 e. The van der Waals surface area contributed by atoms with Crippen molar-refractivity contribution < 1.29 is 23.1 Å². The molecule has 0 spiro atoms. The first kappa shape index (κ1) is 30.5. The maximum absolute atomic E-state index is 15.3. The molecule has 4 aliphatic rings. The number of carbonyl (C=O) groups excluding carboxylic acids is 2. The van der Waals surface area contributed by atoms with E-state index in [1.54, 1.807) is 28.9 Å². The number of amides is 2. The number of aromatic nitrogens is 3. The monoisotopic (exact) mass is 644 g/mol. The van der Waals surface area contributed by atoms with E-state index >= 15 is 4.39 Å². The summed E-state index contributed by atoms with van der Waals surface area (Å²) in [7, 11) is 0. The molecule has 6 heterocycles. The van der Waals surface area contributed by atoms with Crippen molar-refractivity contribution in [3.63, 3.8) is 0 Å². The quantitative estimate of drug-likeness (QED) is 0.311. The molecule has 3 aliphatic heterocycles. The number of halogens is 2. The molecule has 248 valence electrons. The average molecular weight is 645 g/mol. The lowest BCUT2D eigenvalue weighted by atomic mass is 9.88. The van der Waals surface area contributed by atoms with Crippen LogP contribution < -0.4 is 5.73 Å². The summed E-state index contributed by atoms with van der Waals surface area (Å²) < 4.78 is 39.2. The highest BCUT2D eigenvalue weighted by atomic mass is 19.1. The number of alkyl halides is 1. The average Bonchev–Trinajstić information content (AvgIpc) is 3.42. The number of nitrogens with two attached hydrogens (primary N) is 1. The standard InChI is InChI=1S/C36H42F2N6O3/c1-21-30-7-6-24(35(45)42-19-27(38)15-28(39)20-42)18-44(30)40-33(21)31-14-25-13-26(37)16-29(34(25)43(31)17-22-4-5-22)23-8-10-41(11-9-23)36(46)32-3-2-12-47-32/h6-7,13-14,16,18,22-23,27-28,32H,2-5,8-12,15,17,19-20,39H2,1H3/t27-,28-,32?/m1/s1. The predicted octanol–water partition coefficient (Wildman–Crippen LogP) is 5.21. The Bertz CT molecular complexity index is 1840. The number of nitrogens with zero attached hydrogens (tertiary/aromatic N) is 5. The van der Waals surface area contributed by atoms with Crippen LogP contribution in [0, 0.1) is 18.7 Å². The molecule has 11 heteroatoms. The van der Waals surface area contributed by atoms with Gasteiger partial charge in [-0.05, 0) is 99.6 Å². The second-order valence-corrected chi connectivity index (χ2v) is 14.1. The van der Waals surface area contributed by atoms with Crippen molar-refractivity contribution in [3.05, 3.63) is 59.0 Å². The Hall–Kier alpha value is -3.83. The van der Waals surface area contributed by atoms with E-state index in [1.807, 2.05) is 17.9 Å². The number of pyridine rings is 1. The van der Waals surface area contributed by atoms with Crippen LogP contribution in [0.3, 0.4) is 0 Å². The SMILES string of the molecule is Cc1c(-c2cc3cc(F)cc(C4CCN(C(=O)C5CCCO5)CC4)c3n2CC2CC2)nn2cc(C(=O)N3C[C@H](N)C[C@@H](F)C3)ccc12. The molecule has 4 fully saturated rings. The highest BCUT2D eigenvalue weighted by Crippen LogP contribution is 2.41. The summed E-state index contributed by atoms with van der Waals surface area (Å²) in [5, 5.41) is 5.84. The number of aryl methyl sites for hydroxylation is 1. The number of hydrogen-bond acceptors (Lipinski definition) is 5. The molecule has 1 aliphatic carbocycles. The summed E-state index contributed by atoms with van der Waals surface area (Å²) in [6, 6.07) is 8.64. The van der Waals surface area contributed by atoms with Gasteiger partial charge in [-0.25, -0.2) is 13.3 Å². The van der Waals surface area contributed by atoms with Crippen LogP contribution in [0.1, 0.15) is 72.3 Å². The maximum Gasteiger partial charge on any atom is 0.255 e. The fourth-order valence-electron chi connectivity index (χ4n) is 8.02. The van der Waals surface area contributed by atoms with Crippen molar-refractivity contribution in [1.82, 2.24) is 24.0 Å². The molecule has 1 unspecified atom stereocenters. The second-order valence-electron chi connectivity index (χ2n) is 14.1. The zero-order chi connectivity index (χ0) is 32.4. The second kappa shape index (κ2) is 12.0. The Labute approximate surface area is 272 Å². The molecule has 1 saturated carbocycles. The molecule has 3 aromatic heterocycles. The van der Waals surface area contributed by atoms with Gasteiger partial charge in [0.05, 0.1) is 28.8 Å². The van der Waals surface area contributed by atoms with Gasteiger partial charge in [-0.1, -0.05) is 0 Å². The third-order valence-corrected chi connectivity index (χ3v) is 10.7. The van der Waals surface area contributed by atoms with Crippen molar-refractivity contribution in [3.8, 4) is 11.4 Å². The molecule has 47 heavy (non-hydrogen) atoms. The first-order valence-electron chi connectivity index (χ1n) is 17.1. The number of benzene rings is 1. The van der Waals surface area contributed by atoms with E-state index in [0.717, 1.165) is 84.0 Å². The van der Waals surface area contributed by atoms with E-state index in [-0.39, 0.29) is 48.7 Å². The third kappa shape index (κ3) is 5.71. The number of fused-ring (bicyclic) bond motifs is 2. The van der Waals surface area contributed by atoms with Crippen molar-refractivity contribution in [2.45, 2.75) is 82.6 Å². The Kier molecular flexibility index (Phi) is 7.79. The summed E-state index contributed by atoms with van der Waals surface area (Å²) >= 11 is 0. The van der Waals surface area contributed by atoms with Crippen molar-refractivity contribution >= 4 is 28.2 Å². The summed E-state index contributed by atoms with van der Waals surface area (Å²) in [6.45, 7) is 5.14. The Morgan fingerprint density at radius 3 is 2.57 bits per heavy atom. The van der Waals surface area contributed by atoms with Gasteiger partial charge < -0.3 is 24.8 Å². The van der Waals surface area contributed by atoms with Gasteiger partial charge in [0.2, 0.25) is 0 Å². The first-order chi connectivity index (χ1) is 22.7. The van der Waals surface area contributed by atoms with Crippen molar-refractivity contribution in [1.29, 1.82) is 0 Å². The van der Waals surface area contributed by atoms with Crippen LogP contribution in [0.4, 0.5) is 8.78 Å². The Balaban J connectivity index is 1.14. The molecule has 3 saturated heterocycles. The molecule has 0 radical (unpaired) electrons. The van der Waals surface area contributed by atoms with Gasteiger partial charge in [-0.15, -0.1) is 0 Å². The summed E-state index contributed by atoms with van der Waals surface area (Å²) in [5.74, 6) is 0.257. The minimum absolute atomic E-state index is 0.0401. The molecule has 2 N–H and O–H groups in total.